The second-order valence-corrected chi connectivity index (χ2v) is 5.90. The molecule has 3 rings (SSSR count). The molecule has 106 valence electrons. The number of hydrogen-bond acceptors (Lipinski definition) is 4. The van der Waals surface area contributed by atoms with Crippen molar-refractivity contribution < 1.29 is 9.84 Å². The molecular weight excluding hydrogens is 242 g/mol. The first-order valence-electron chi connectivity index (χ1n) is 7.47. The van der Waals surface area contributed by atoms with Crippen LogP contribution in [0.2, 0.25) is 0 Å². The van der Waals surface area contributed by atoms with Crippen LogP contribution in [0.15, 0.2) is 6.20 Å². The maximum absolute atomic E-state index is 8.94. The molecular formula is C14H23N3O2. The summed E-state index contributed by atoms with van der Waals surface area (Å²) in [6.45, 7) is 0.969. The van der Waals surface area contributed by atoms with Gasteiger partial charge in [-0.1, -0.05) is 24.5 Å². The third-order valence-electron chi connectivity index (χ3n) is 4.53. The summed E-state index contributed by atoms with van der Waals surface area (Å²) in [6, 6.07) is 0.409. The van der Waals surface area contributed by atoms with Crippen LogP contribution in [0.25, 0.3) is 0 Å². The first-order chi connectivity index (χ1) is 9.31. The van der Waals surface area contributed by atoms with Gasteiger partial charge >= 0.3 is 0 Å². The van der Waals surface area contributed by atoms with Crippen molar-refractivity contribution >= 4 is 0 Å². The smallest absolute Gasteiger partial charge is 0.0850 e. The van der Waals surface area contributed by atoms with Gasteiger partial charge in [0.1, 0.15) is 0 Å². The Labute approximate surface area is 114 Å². The third-order valence-corrected chi connectivity index (χ3v) is 4.53. The highest BCUT2D eigenvalue weighted by atomic mass is 16.5. The Kier molecular flexibility index (Phi) is 3.84. The van der Waals surface area contributed by atoms with Crippen LogP contribution in [0.1, 0.15) is 56.7 Å². The highest BCUT2D eigenvalue weighted by Gasteiger charge is 2.39. The summed E-state index contributed by atoms with van der Waals surface area (Å²) < 4.78 is 8.10. The molecule has 2 fully saturated rings. The normalized spacial score (nSPS) is 26.7. The number of ether oxygens (including phenoxy) is 1. The van der Waals surface area contributed by atoms with E-state index in [9.17, 15) is 0 Å². The zero-order valence-corrected chi connectivity index (χ0v) is 11.4. The van der Waals surface area contributed by atoms with E-state index in [-0.39, 0.29) is 12.2 Å². The molecule has 1 aromatic rings. The van der Waals surface area contributed by atoms with Gasteiger partial charge in [0.15, 0.2) is 0 Å². The number of hydrogen-bond donors (Lipinski definition) is 1. The van der Waals surface area contributed by atoms with Gasteiger partial charge < -0.3 is 9.84 Å². The SMILES string of the molecule is OCCc1cn(C2CCOC3(CCCCC3)C2)nn1. The van der Waals surface area contributed by atoms with Crippen LogP contribution in [-0.4, -0.2) is 38.9 Å². The fourth-order valence-electron chi connectivity index (χ4n) is 3.49. The standard InChI is InChI=1S/C14H23N3O2/c18-8-4-12-11-17(16-15-12)13-5-9-19-14(10-13)6-2-1-3-7-14/h11,13,18H,1-10H2. The Morgan fingerprint density at radius 1 is 1.37 bits per heavy atom. The second-order valence-electron chi connectivity index (χ2n) is 5.90. The maximum Gasteiger partial charge on any atom is 0.0850 e. The van der Waals surface area contributed by atoms with E-state index in [1.807, 2.05) is 10.9 Å². The minimum atomic E-state index is 0.101. The van der Waals surface area contributed by atoms with E-state index in [2.05, 4.69) is 10.3 Å². The van der Waals surface area contributed by atoms with E-state index in [0.29, 0.717) is 12.5 Å². The Morgan fingerprint density at radius 3 is 3.00 bits per heavy atom. The van der Waals surface area contributed by atoms with E-state index >= 15 is 0 Å². The van der Waals surface area contributed by atoms with Gasteiger partial charge in [-0.15, -0.1) is 5.10 Å². The quantitative estimate of drug-likeness (QED) is 0.906. The molecule has 1 N–H and O–H groups in total. The van der Waals surface area contributed by atoms with Crippen molar-refractivity contribution in [1.82, 2.24) is 15.0 Å². The summed E-state index contributed by atoms with van der Waals surface area (Å²) in [5, 5.41) is 17.3. The van der Waals surface area contributed by atoms with Crippen molar-refractivity contribution in [1.29, 1.82) is 0 Å². The Morgan fingerprint density at radius 2 is 2.21 bits per heavy atom. The van der Waals surface area contributed by atoms with Gasteiger partial charge in [0.05, 0.1) is 17.3 Å². The molecule has 1 atom stereocenters. The van der Waals surface area contributed by atoms with Gasteiger partial charge in [0, 0.05) is 25.8 Å². The maximum atomic E-state index is 8.94. The fraction of sp³-hybridized carbons (Fsp3) is 0.857. The summed E-state index contributed by atoms with van der Waals surface area (Å²) in [7, 11) is 0. The predicted molar refractivity (Wildman–Crippen MR) is 70.9 cm³/mol. The van der Waals surface area contributed by atoms with E-state index in [1.165, 1.54) is 32.1 Å². The highest BCUT2D eigenvalue weighted by Crippen LogP contribution is 2.41. The number of aliphatic hydroxyl groups excluding tert-OH is 1. The summed E-state index contributed by atoms with van der Waals surface area (Å²) in [6.07, 6.45) is 11.0. The first-order valence-corrected chi connectivity index (χ1v) is 7.47. The number of nitrogens with zero attached hydrogens (tertiary/aromatic N) is 3. The molecule has 1 aliphatic carbocycles. The Hall–Kier alpha value is -0.940. The molecule has 1 aliphatic heterocycles. The van der Waals surface area contributed by atoms with Gasteiger partial charge in [0.25, 0.3) is 0 Å². The molecule has 1 spiro atoms. The minimum Gasteiger partial charge on any atom is -0.396 e. The van der Waals surface area contributed by atoms with Crippen molar-refractivity contribution in [3.8, 4) is 0 Å². The zero-order valence-electron chi connectivity index (χ0n) is 11.4. The van der Waals surface area contributed by atoms with E-state index in [1.54, 1.807) is 0 Å². The summed E-state index contributed by atoms with van der Waals surface area (Å²) in [5.74, 6) is 0. The largest absolute Gasteiger partial charge is 0.396 e. The van der Waals surface area contributed by atoms with Crippen LogP contribution in [0.3, 0.4) is 0 Å². The summed E-state index contributed by atoms with van der Waals surface area (Å²) in [4.78, 5) is 0. The molecule has 5 heteroatoms. The minimum absolute atomic E-state index is 0.101. The van der Waals surface area contributed by atoms with Gasteiger partial charge in [-0.3, -0.25) is 0 Å². The Bertz CT molecular complexity index is 407. The van der Waals surface area contributed by atoms with Gasteiger partial charge in [-0.25, -0.2) is 4.68 Å². The lowest BCUT2D eigenvalue weighted by Gasteiger charge is -2.43. The lowest BCUT2D eigenvalue weighted by Crippen LogP contribution is -2.42. The monoisotopic (exact) mass is 265 g/mol. The van der Waals surface area contributed by atoms with Crippen LogP contribution in [0.4, 0.5) is 0 Å². The molecule has 5 nitrogen and oxygen atoms in total. The lowest BCUT2D eigenvalue weighted by atomic mass is 9.78. The van der Waals surface area contributed by atoms with E-state index < -0.39 is 0 Å². The van der Waals surface area contributed by atoms with Crippen LogP contribution >= 0.6 is 0 Å². The molecule has 1 aromatic heterocycles. The van der Waals surface area contributed by atoms with Gasteiger partial charge in [-0.2, -0.15) is 0 Å². The molecule has 1 saturated heterocycles. The van der Waals surface area contributed by atoms with E-state index in [4.69, 9.17) is 9.84 Å². The molecule has 2 heterocycles. The summed E-state index contributed by atoms with van der Waals surface area (Å²) >= 11 is 0. The first kappa shape index (κ1) is 13.1. The second kappa shape index (κ2) is 5.59. The van der Waals surface area contributed by atoms with Crippen LogP contribution in [0.5, 0.6) is 0 Å². The molecule has 1 saturated carbocycles. The number of rotatable bonds is 3. The predicted octanol–water partition coefficient (Wildman–Crippen LogP) is 1.87. The van der Waals surface area contributed by atoms with Crippen LogP contribution < -0.4 is 0 Å². The van der Waals surface area contributed by atoms with Crippen LogP contribution in [-0.2, 0) is 11.2 Å². The molecule has 2 aliphatic rings. The number of aromatic nitrogens is 3. The summed E-state index contributed by atoms with van der Waals surface area (Å²) in [5.41, 5.74) is 0.983. The molecule has 0 amide bonds. The molecule has 0 bridgehead atoms. The van der Waals surface area contributed by atoms with Crippen LogP contribution in [0, 0.1) is 0 Å². The average Bonchev–Trinajstić information content (AvgIpc) is 2.89. The third kappa shape index (κ3) is 2.82. The van der Waals surface area contributed by atoms with Crippen molar-refractivity contribution in [3.05, 3.63) is 11.9 Å². The zero-order chi connectivity index (χ0) is 13.1. The molecule has 1 unspecified atom stereocenters. The average molecular weight is 265 g/mol. The number of aliphatic hydroxyl groups is 1. The van der Waals surface area contributed by atoms with E-state index in [0.717, 1.165) is 25.1 Å². The fourth-order valence-corrected chi connectivity index (χ4v) is 3.49. The molecule has 0 aromatic carbocycles. The van der Waals surface area contributed by atoms with Crippen molar-refractivity contribution in [3.63, 3.8) is 0 Å². The Balaban J connectivity index is 1.69. The molecule has 19 heavy (non-hydrogen) atoms. The molecule has 0 radical (unpaired) electrons. The highest BCUT2D eigenvalue weighted by molar-refractivity contribution is 4.96. The van der Waals surface area contributed by atoms with Crippen molar-refractivity contribution in [2.75, 3.05) is 13.2 Å². The topological polar surface area (TPSA) is 60.2 Å². The lowest BCUT2D eigenvalue weighted by molar-refractivity contribution is -0.115. The van der Waals surface area contributed by atoms with Crippen molar-refractivity contribution in [2.45, 2.75) is 63.0 Å². The van der Waals surface area contributed by atoms with Crippen molar-refractivity contribution in [2.24, 2.45) is 0 Å². The van der Waals surface area contributed by atoms with Gasteiger partial charge in [-0.05, 0) is 25.7 Å². The van der Waals surface area contributed by atoms with Gasteiger partial charge in [0.2, 0.25) is 0 Å².